The molecule has 3 heterocycles. The number of ether oxygens (including phenoxy) is 3. The summed E-state index contributed by atoms with van der Waals surface area (Å²) in [5, 5.41) is 12.1. The minimum absolute atomic E-state index is 0.0233. The van der Waals surface area contributed by atoms with E-state index < -0.39 is 22.5 Å². The van der Waals surface area contributed by atoms with E-state index in [0.29, 0.717) is 67.5 Å². The van der Waals surface area contributed by atoms with Crippen LogP contribution in [0.25, 0.3) is 6.08 Å². The quantitative estimate of drug-likeness (QED) is 0.187. The number of carbonyl (C=O) groups is 1. The molecule has 12 nitrogen and oxygen atoms in total. The number of anilines is 1. The first-order valence-electron chi connectivity index (χ1n) is 14.5. The summed E-state index contributed by atoms with van der Waals surface area (Å²) < 4.78 is 19.1. The molecule has 0 amide bonds. The molecule has 45 heavy (non-hydrogen) atoms. The van der Waals surface area contributed by atoms with Crippen LogP contribution in [-0.2, 0) is 9.53 Å². The summed E-state index contributed by atoms with van der Waals surface area (Å²) in [5.74, 6) is 0.346. The van der Waals surface area contributed by atoms with Gasteiger partial charge in [0.05, 0.1) is 47.1 Å². The molecule has 238 valence electrons. The Hall–Kier alpha value is -4.01. The summed E-state index contributed by atoms with van der Waals surface area (Å²) >= 11 is 4.77. The number of nitro benzene ring substituents is 1. The molecule has 2 aliphatic rings. The average Bonchev–Trinajstić information content (AvgIpc) is 3.31. The van der Waals surface area contributed by atoms with Crippen molar-refractivity contribution in [2.45, 2.75) is 26.8 Å². The van der Waals surface area contributed by atoms with Crippen molar-refractivity contribution < 1.29 is 23.9 Å². The minimum Gasteiger partial charge on any atom is -0.493 e. The van der Waals surface area contributed by atoms with E-state index >= 15 is 0 Å². The molecule has 0 radical (unpaired) electrons. The Morgan fingerprint density at radius 3 is 2.53 bits per heavy atom. The average molecular weight is 701 g/mol. The Bertz CT molecular complexity index is 1860. The van der Waals surface area contributed by atoms with Gasteiger partial charge in [0, 0.05) is 36.7 Å². The number of hydrogen-bond donors (Lipinski definition) is 0. The lowest BCUT2D eigenvalue weighted by molar-refractivity contribution is -0.384. The number of allylic oxidation sites excluding steroid dienone is 1. The Morgan fingerprint density at radius 2 is 1.89 bits per heavy atom. The molecule has 1 saturated heterocycles. The maximum atomic E-state index is 14.1. The van der Waals surface area contributed by atoms with Crippen LogP contribution in [0.5, 0.6) is 11.5 Å². The van der Waals surface area contributed by atoms with Crippen LogP contribution in [-0.4, -0.2) is 73.9 Å². The lowest BCUT2D eigenvalue weighted by atomic mass is 9.95. The maximum Gasteiger partial charge on any atom is 0.338 e. The fraction of sp³-hybridized carbons (Fsp3) is 0.387. The second-order valence-electron chi connectivity index (χ2n) is 10.6. The van der Waals surface area contributed by atoms with Gasteiger partial charge in [-0.25, -0.2) is 9.79 Å². The molecule has 0 N–H and O–H groups in total. The molecule has 0 unspecified atom stereocenters. The number of nitro groups is 1. The second-order valence-corrected chi connectivity index (χ2v) is 12.4. The summed E-state index contributed by atoms with van der Waals surface area (Å²) in [6, 6.07) is 7.59. The van der Waals surface area contributed by atoms with Gasteiger partial charge in [-0.15, -0.1) is 0 Å². The Balaban J connectivity index is 1.66. The highest BCUT2D eigenvalue weighted by Gasteiger charge is 2.35. The molecule has 0 saturated carbocycles. The van der Waals surface area contributed by atoms with E-state index in [0.717, 1.165) is 24.4 Å². The van der Waals surface area contributed by atoms with E-state index in [2.05, 4.69) is 25.8 Å². The van der Waals surface area contributed by atoms with Gasteiger partial charge >= 0.3 is 5.97 Å². The van der Waals surface area contributed by atoms with Crippen LogP contribution in [0, 0.1) is 10.1 Å². The van der Waals surface area contributed by atoms with Gasteiger partial charge in [-0.3, -0.25) is 19.5 Å². The molecular formula is C31H34BrN5O7S. The van der Waals surface area contributed by atoms with Crippen molar-refractivity contribution in [1.82, 2.24) is 9.47 Å². The van der Waals surface area contributed by atoms with Crippen molar-refractivity contribution in [2.24, 2.45) is 4.99 Å². The zero-order valence-electron chi connectivity index (χ0n) is 25.7. The number of thiazole rings is 1. The Kier molecular flexibility index (Phi) is 9.75. The normalized spacial score (nSPS) is 17.2. The number of benzene rings is 2. The largest absolute Gasteiger partial charge is 0.493 e. The first kappa shape index (κ1) is 32.4. The zero-order valence-corrected chi connectivity index (χ0v) is 28.1. The smallest absolute Gasteiger partial charge is 0.338 e. The summed E-state index contributed by atoms with van der Waals surface area (Å²) in [5.41, 5.74) is 1.84. The Morgan fingerprint density at radius 1 is 1.16 bits per heavy atom. The molecule has 0 aliphatic carbocycles. The molecule has 3 aromatic rings. The predicted octanol–water partition coefficient (Wildman–Crippen LogP) is 3.63. The first-order chi connectivity index (χ1) is 21.6. The molecule has 1 fully saturated rings. The number of likely N-dealkylation sites (N-methyl/N-ethyl adjacent to an activating group) is 1. The van der Waals surface area contributed by atoms with E-state index in [1.54, 1.807) is 44.2 Å². The van der Waals surface area contributed by atoms with E-state index in [-0.39, 0.29) is 17.9 Å². The van der Waals surface area contributed by atoms with Crippen molar-refractivity contribution in [3.05, 3.63) is 87.0 Å². The number of piperazine rings is 1. The summed E-state index contributed by atoms with van der Waals surface area (Å²) in [6.07, 6.45) is 1.62. The Labute approximate surface area is 272 Å². The van der Waals surface area contributed by atoms with Gasteiger partial charge in [-0.05, 0) is 63.2 Å². The monoisotopic (exact) mass is 699 g/mol. The molecule has 1 atom stereocenters. The maximum absolute atomic E-state index is 14.1. The van der Waals surface area contributed by atoms with E-state index in [9.17, 15) is 19.7 Å². The topological polar surface area (TPSA) is 129 Å². The third kappa shape index (κ3) is 6.40. The van der Waals surface area contributed by atoms with Crippen LogP contribution in [0.1, 0.15) is 37.9 Å². The van der Waals surface area contributed by atoms with Gasteiger partial charge in [-0.2, -0.15) is 0 Å². The number of esters is 1. The predicted molar refractivity (Wildman–Crippen MR) is 175 cm³/mol. The highest BCUT2D eigenvalue weighted by atomic mass is 79.9. The third-order valence-electron chi connectivity index (χ3n) is 7.73. The first-order valence-corrected chi connectivity index (χ1v) is 16.1. The van der Waals surface area contributed by atoms with Gasteiger partial charge in [0.15, 0.2) is 16.3 Å². The van der Waals surface area contributed by atoms with Crippen molar-refractivity contribution in [1.29, 1.82) is 0 Å². The number of carbonyl (C=O) groups excluding carboxylic acids is 1. The van der Waals surface area contributed by atoms with Crippen molar-refractivity contribution >= 4 is 50.7 Å². The van der Waals surface area contributed by atoms with E-state index in [4.69, 9.17) is 14.2 Å². The van der Waals surface area contributed by atoms with E-state index in [1.165, 1.54) is 17.7 Å². The second kappa shape index (κ2) is 13.5. The molecule has 0 bridgehead atoms. The zero-order chi connectivity index (χ0) is 32.4. The number of fused-ring (bicyclic) bond motifs is 1. The molecule has 2 aromatic carbocycles. The van der Waals surface area contributed by atoms with Crippen LogP contribution in [0.15, 0.2) is 55.9 Å². The number of halogens is 1. The molecule has 5 rings (SSSR count). The fourth-order valence-electron chi connectivity index (χ4n) is 5.52. The fourth-order valence-corrected chi connectivity index (χ4v) is 7.10. The molecular weight excluding hydrogens is 666 g/mol. The van der Waals surface area contributed by atoms with E-state index in [1.807, 2.05) is 18.9 Å². The van der Waals surface area contributed by atoms with Crippen LogP contribution in [0.3, 0.4) is 0 Å². The SMILES string of the molecule is CCOC(=O)C1=C(C)N=c2s/c(=C\c3ccc(N4CCN(C)CC4)c([N+](=O)[O-])c3)c(=O)n2[C@H]1c1cc(OC)c(OCC)cc1Br. The van der Waals surface area contributed by atoms with Gasteiger partial charge in [0.25, 0.3) is 11.2 Å². The van der Waals surface area contributed by atoms with Gasteiger partial charge < -0.3 is 24.0 Å². The number of rotatable bonds is 9. The molecule has 1 aromatic heterocycles. The highest BCUT2D eigenvalue weighted by Crippen LogP contribution is 2.41. The van der Waals surface area contributed by atoms with Crippen molar-refractivity contribution in [3.8, 4) is 11.5 Å². The number of methoxy groups -OCH3 is 1. The molecule has 14 heteroatoms. The van der Waals surface area contributed by atoms with Crippen molar-refractivity contribution in [2.75, 3.05) is 58.5 Å². The van der Waals surface area contributed by atoms with Gasteiger partial charge in [0.1, 0.15) is 5.69 Å². The highest BCUT2D eigenvalue weighted by molar-refractivity contribution is 9.10. The minimum atomic E-state index is -0.893. The van der Waals surface area contributed by atoms with Crippen molar-refractivity contribution in [3.63, 3.8) is 0 Å². The third-order valence-corrected chi connectivity index (χ3v) is 9.40. The number of aromatic nitrogens is 1. The summed E-state index contributed by atoms with van der Waals surface area (Å²) in [4.78, 5) is 48.4. The standard InChI is InChI=1S/C31H34BrN5O7S/c1-6-43-25-17-21(32)20(16-24(25)42-5)28-27(30(39)44-7-2)18(3)33-31-36(28)29(38)26(45-31)15-19-8-9-22(23(14-19)37(40)41)35-12-10-34(4)11-13-35/h8-9,14-17,28H,6-7,10-13H2,1-5H3/b26-15-/t28-/m0/s1. The summed E-state index contributed by atoms with van der Waals surface area (Å²) in [6.45, 7) is 8.82. The lowest BCUT2D eigenvalue weighted by Crippen LogP contribution is -2.44. The van der Waals surface area contributed by atoms with Crippen LogP contribution in [0.4, 0.5) is 11.4 Å². The molecule has 2 aliphatic heterocycles. The molecule has 0 spiro atoms. The summed E-state index contributed by atoms with van der Waals surface area (Å²) in [7, 11) is 3.54. The number of hydrogen-bond acceptors (Lipinski definition) is 11. The van der Waals surface area contributed by atoms with Crippen LogP contribution >= 0.6 is 27.3 Å². The van der Waals surface area contributed by atoms with Gasteiger partial charge in [0.2, 0.25) is 0 Å². The lowest BCUT2D eigenvalue weighted by Gasteiger charge is -2.33. The van der Waals surface area contributed by atoms with Crippen LogP contribution in [0.2, 0.25) is 0 Å². The van der Waals surface area contributed by atoms with Gasteiger partial charge in [-0.1, -0.05) is 33.3 Å². The number of nitrogens with zero attached hydrogens (tertiary/aromatic N) is 5. The van der Waals surface area contributed by atoms with Crippen LogP contribution < -0.4 is 29.3 Å².